The van der Waals surface area contributed by atoms with Crippen LogP contribution in [-0.4, -0.2) is 75.1 Å². The van der Waals surface area contributed by atoms with E-state index in [9.17, 15) is 19.2 Å². The van der Waals surface area contributed by atoms with Crippen LogP contribution >= 0.6 is 11.6 Å². The van der Waals surface area contributed by atoms with Crippen LogP contribution in [0.15, 0.2) is 24.3 Å². The molecule has 4 aliphatic rings. The summed E-state index contributed by atoms with van der Waals surface area (Å²) in [6.07, 6.45) is 7.87. The third-order valence-electron chi connectivity index (χ3n) is 9.80. The van der Waals surface area contributed by atoms with Gasteiger partial charge in [-0.05, 0) is 64.3 Å². The number of nitrogens with zero attached hydrogens (tertiary/aromatic N) is 3. The van der Waals surface area contributed by atoms with Gasteiger partial charge >= 0.3 is 0 Å². The molecule has 39 heavy (non-hydrogen) atoms. The van der Waals surface area contributed by atoms with Crippen molar-refractivity contribution in [2.75, 3.05) is 13.1 Å². The van der Waals surface area contributed by atoms with Crippen molar-refractivity contribution in [2.45, 2.75) is 109 Å². The van der Waals surface area contributed by atoms with E-state index in [-0.39, 0.29) is 54.9 Å². The lowest BCUT2D eigenvalue weighted by Crippen LogP contribution is -2.72. The molecule has 3 aliphatic heterocycles. The Hall–Kier alpha value is -2.45. The van der Waals surface area contributed by atoms with Crippen LogP contribution in [0.25, 0.3) is 0 Å². The van der Waals surface area contributed by atoms with E-state index in [1.54, 1.807) is 24.3 Å². The van der Waals surface area contributed by atoms with Gasteiger partial charge in [-0.3, -0.25) is 24.1 Å². The zero-order valence-electron chi connectivity index (χ0n) is 23.4. The Morgan fingerprint density at radius 2 is 1.59 bits per heavy atom. The number of likely N-dealkylation sites (tertiary alicyclic amines) is 1. The van der Waals surface area contributed by atoms with Gasteiger partial charge in [0.05, 0.1) is 6.42 Å². The highest BCUT2D eigenvalue weighted by Gasteiger charge is 2.67. The number of halogens is 1. The Morgan fingerprint density at radius 3 is 2.23 bits per heavy atom. The van der Waals surface area contributed by atoms with E-state index in [0.717, 1.165) is 44.1 Å². The van der Waals surface area contributed by atoms with E-state index in [2.05, 4.69) is 12.2 Å². The van der Waals surface area contributed by atoms with Crippen molar-refractivity contribution >= 4 is 35.2 Å². The molecule has 3 unspecified atom stereocenters. The quantitative estimate of drug-likeness (QED) is 0.449. The van der Waals surface area contributed by atoms with Crippen molar-refractivity contribution in [3.8, 4) is 0 Å². The van der Waals surface area contributed by atoms with Crippen LogP contribution in [0, 0.1) is 5.41 Å². The van der Waals surface area contributed by atoms with Crippen molar-refractivity contribution in [1.29, 1.82) is 0 Å². The SMILES string of the molecule is CC(C)N1CC(=O)N(Cc2ccc(Cl)cc2)C2(CC(=O)N(C3CCNC(C)C34CCCCCCC4)C2=O)C1=O. The molecule has 9 heteroatoms. The molecule has 5 rings (SSSR count). The van der Waals surface area contributed by atoms with Gasteiger partial charge in [-0.15, -0.1) is 0 Å². The van der Waals surface area contributed by atoms with Crippen LogP contribution in [0.4, 0.5) is 0 Å². The zero-order valence-corrected chi connectivity index (χ0v) is 24.1. The third-order valence-corrected chi connectivity index (χ3v) is 10.1. The van der Waals surface area contributed by atoms with Gasteiger partial charge in [-0.1, -0.05) is 55.8 Å². The Bertz CT molecular complexity index is 1130. The summed E-state index contributed by atoms with van der Waals surface area (Å²) in [5.74, 6) is -1.62. The predicted molar refractivity (Wildman–Crippen MR) is 149 cm³/mol. The first kappa shape index (κ1) is 28.1. The topological polar surface area (TPSA) is 90.0 Å². The van der Waals surface area contributed by atoms with E-state index < -0.39 is 17.4 Å². The second kappa shape index (κ2) is 10.8. The molecular weight excluding hydrogens is 516 g/mol. The fourth-order valence-electron chi connectivity index (χ4n) is 7.60. The summed E-state index contributed by atoms with van der Waals surface area (Å²) < 4.78 is 0. The molecule has 3 atom stereocenters. The van der Waals surface area contributed by atoms with E-state index in [1.165, 1.54) is 21.1 Å². The van der Waals surface area contributed by atoms with Gasteiger partial charge in [-0.2, -0.15) is 0 Å². The standard InChI is InChI=1S/C30H41ClN4O4/c1-20(2)33-19-26(37)34(18-22-9-11-23(31)12-10-22)30(27(33)38)17-25(36)35(28(30)39)24-13-16-32-21(3)29(24)14-7-5-4-6-8-15-29/h9-12,20-21,24,32H,4-8,13-19H2,1-3H3. The number of piperidine rings is 1. The Morgan fingerprint density at radius 1 is 0.949 bits per heavy atom. The minimum atomic E-state index is -1.85. The van der Waals surface area contributed by atoms with E-state index in [4.69, 9.17) is 11.6 Å². The van der Waals surface area contributed by atoms with Gasteiger partial charge in [0.1, 0.15) is 6.54 Å². The monoisotopic (exact) mass is 556 g/mol. The molecule has 1 N–H and O–H groups in total. The smallest absolute Gasteiger partial charge is 0.265 e. The number of benzene rings is 1. The number of rotatable bonds is 4. The summed E-state index contributed by atoms with van der Waals surface area (Å²) in [4.78, 5) is 60.8. The molecule has 2 spiro atoms. The summed E-state index contributed by atoms with van der Waals surface area (Å²) in [5, 5.41) is 4.19. The molecule has 1 saturated carbocycles. The third kappa shape index (κ3) is 4.67. The molecule has 3 saturated heterocycles. The summed E-state index contributed by atoms with van der Waals surface area (Å²) in [6.45, 7) is 6.51. The van der Waals surface area contributed by atoms with Crippen molar-refractivity contribution in [2.24, 2.45) is 5.41 Å². The molecule has 1 aromatic rings. The van der Waals surface area contributed by atoms with Gasteiger partial charge in [0.2, 0.25) is 17.4 Å². The van der Waals surface area contributed by atoms with Gasteiger partial charge in [0.25, 0.3) is 11.8 Å². The van der Waals surface area contributed by atoms with Crippen molar-refractivity contribution < 1.29 is 19.2 Å². The molecule has 0 radical (unpaired) electrons. The molecule has 212 valence electrons. The van der Waals surface area contributed by atoms with Crippen LogP contribution in [0.2, 0.25) is 5.02 Å². The highest BCUT2D eigenvalue weighted by atomic mass is 35.5. The fraction of sp³-hybridized carbons (Fsp3) is 0.667. The second-order valence-corrected chi connectivity index (χ2v) is 12.7. The number of carbonyl (C=O) groups excluding carboxylic acids is 4. The Balaban J connectivity index is 1.57. The molecule has 4 amide bonds. The number of piperazine rings is 1. The normalized spacial score (nSPS) is 30.0. The fourth-order valence-corrected chi connectivity index (χ4v) is 7.72. The maximum atomic E-state index is 14.7. The average Bonchev–Trinajstić information content (AvgIpc) is 3.14. The Labute approximate surface area is 236 Å². The first-order valence-electron chi connectivity index (χ1n) is 14.6. The molecule has 4 fully saturated rings. The predicted octanol–water partition coefficient (Wildman–Crippen LogP) is 3.90. The van der Waals surface area contributed by atoms with E-state index >= 15 is 0 Å². The van der Waals surface area contributed by atoms with E-state index in [1.807, 2.05) is 13.8 Å². The van der Waals surface area contributed by atoms with Crippen LogP contribution in [0.3, 0.4) is 0 Å². The lowest BCUT2D eigenvalue weighted by molar-refractivity contribution is -0.173. The number of carbonyl (C=O) groups is 4. The number of amides is 4. The largest absolute Gasteiger partial charge is 0.328 e. The Kier molecular flexibility index (Phi) is 7.81. The number of nitrogens with one attached hydrogen (secondary N) is 1. The van der Waals surface area contributed by atoms with Gasteiger partial charge in [0, 0.05) is 35.1 Å². The van der Waals surface area contributed by atoms with Crippen LogP contribution < -0.4 is 5.32 Å². The summed E-state index contributed by atoms with van der Waals surface area (Å²) in [6, 6.07) is 6.61. The molecule has 1 aromatic carbocycles. The van der Waals surface area contributed by atoms with Crippen LogP contribution in [0.1, 0.15) is 84.1 Å². The highest BCUT2D eigenvalue weighted by Crippen LogP contribution is 2.49. The van der Waals surface area contributed by atoms with Gasteiger partial charge in [0.15, 0.2) is 0 Å². The van der Waals surface area contributed by atoms with Gasteiger partial charge < -0.3 is 15.1 Å². The second-order valence-electron chi connectivity index (χ2n) is 12.2. The lowest BCUT2D eigenvalue weighted by Gasteiger charge is -2.53. The number of hydrogen-bond acceptors (Lipinski definition) is 5. The van der Waals surface area contributed by atoms with Crippen molar-refractivity contribution in [3.63, 3.8) is 0 Å². The van der Waals surface area contributed by atoms with Crippen molar-refractivity contribution in [3.05, 3.63) is 34.9 Å². The highest BCUT2D eigenvalue weighted by molar-refractivity contribution is 6.30. The number of imide groups is 1. The number of hydrogen-bond donors (Lipinski definition) is 1. The minimum absolute atomic E-state index is 0.0638. The minimum Gasteiger partial charge on any atom is -0.328 e. The molecule has 0 aromatic heterocycles. The summed E-state index contributed by atoms with van der Waals surface area (Å²) in [5.41, 5.74) is -1.34. The average molecular weight is 557 g/mol. The van der Waals surface area contributed by atoms with Crippen molar-refractivity contribution in [1.82, 2.24) is 20.0 Å². The van der Waals surface area contributed by atoms with Crippen LogP contribution in [-0.2, 0) is 25.7 Å². The molecule has 1 aliphatic carbocycles. The maximum absolute atomic E-state index is 14.7. The molecular formula is C30H41ClN4O4. The first-order chi connectivity index (χ1) is 18.6. The summed E-state index contributed by atoms with van der Waals surface area (Å²) in [7, 11) is 0. The lowest BCUT2D eigenvalue weighted by atomic mass is 9.63. The van der Waals surface area contributed by atoms with Crippen LogP contribution in [0.5, 0.6) is 0 Å². The maximum Gasteiger partial charge on any atom is 0.265 e. The van der Waals surface area contributed by atoms with E-state index in [0.29, 0.717) is 18.0 Å². The summed E-state index contributed by atoms with van der Waals surface area (Å²) >= 11 is 6.08. The zero-order chi connectivity index (χ0) is 27.9. The van der Waals surface area contributed by atoms with Gasteiger partial charge in [-0.25, -0.2) is 0 Å². The molecule has 0 bridgehead atoms. The molecule has 8 nitrogen and oxygen atoms in total. The molecule has 3 heterocycles. The first-order valence-corrected chi connectivity index (χ1v) is 15.0.